The highest BCUT2D eigenvalue weighted by atomic mass is 32.2. The van der Waals surface area contributed by atoms with Gasteiger partial charge in [-0.3, -0.25) is 4.55 Å². The number of phenolic OH excluding ortho intramolecular Hbond substituents is 1. The summed E-state index contributed by atoms with van der Waals surface area (Å²) < 4.78 is 31.5. The summed E-state index contributed by atoms with van der Waals surface area (Å²) >= 11 is 0. The maximum atomic E-state index is 11.2. The number of aromatic hydroxyl groups is 1. The van der Waals surface area contributed by atoms with Crippen molar-refractivity contribution >= 4 is 10.1 Å². The largest absolute Gasteiger partial charge is 0.506 e. The maximum absolute atomic E-state index is 11.2. The highest BCUT2D eigenvalue weighted by Crippen LogP contribution is 2.28. The van der Waals surface area contributed by atoms with Gasteiger partial charge in [-0.2, -0.15) is 8.42 Å². The van der Waals surface area contributed by atoms with Gasteiger partial charge in [-0.1, -0.05) is 109 Å². The van der Waals surface area contributed by atoms with Crippen molar-refractivity contribution in [3.63, 3.8) is 0 Å². The summed E-state index contributed by atoms with van der Waals surface area (Å²) in [6, 6.07) is 4.50. The zero-order chi connectivity index (χ0) is 20.7. The minimum atomic E-state index is -4.37. The Balaban J connectivity index is 1.99. The van der Waals surface area contributed by atoms with Gasteiger partial charge in [0.25, 0.3) is 10.1 Å². The lowest BCUT2D eigenvalue weighted by molar-refractivity contribution is 0.436. The van der Waals surface area contributed by atoms with E-state index in [0.717, 1.165) is 12.8 Å². The molecule has 0 radical (unpaired) electrons. The standard InChI is InChI=1S/C23H40O4S/c1-2-3-4-5-6-7-8-9-10-11-12-13-14-15-16-18-21-19-17-20-22(23(21)24)28(25,26)27/h17,19-20,24H,2-16,18H2,1H3,(H,25,26,27). The summed E-state index contributed by atoms with van der Waals surface area (Å²) in [5, 5.41) is 10.0. The van der Waals surface area contributed by atoms with Gasteiger partial charge in [0.2, 0.25) is 0 Å². The van der Waals surface area contributed by atoms with Crippen LogP contribution in [0.5, 0.6) is 5.75 Å². The first kappa shape index (κ1) is 25.0. The minimum absolute atomic E-state index is 0.310. The van der Waals surface area contributed by atoms with E-state index in [-0.39, 0.29) is 5.75 Å². The van der Waals surface area contributed by atoms with Crippen LogP contribution in [-0.4, -0.2) is 18.1 Å². The summed E-state index contributed by atoms with van der Waals surface area (Å²) in [5.74, 6) is -0.310. The van der Waals surface area contributed by atoms with Crippen LogP contribution in [0, 0.1) is 0 Å². The molecule has 0 unspecified atom stereocenters. The molecule has 0 aliphatic carbocycles. The van der Waals surface area contributed by atoms with Crippen molar-refractivity contribution < 1.29 is 18.1 Å². The van der Waals surface area contributed by atoms with Crippen LogP contribution in [0.25, 0.3) is 0 Å². The Labute approximate surface area is 172 Å². The van der Waals surface area contributed by atoms with E-state index in [1.54, 1.807) is 12.1 Å². The van der Waals surface area contributed by atoms with Crippen LogP contribution >= 0.6 is 0 Å². The van der Waals surface area contributed by atoms with Crippen molar-refractivity contribution in [3.05, 3.63) is 23.8 Å². The molecule has 0 atom stereocenters. The molecule has 5 heteroatoms. The molecule has 0 aliphatic heterocycles. The van der Waals surface area contributed by atoms with Gasteiger partial charge in [-0.05, 0) is 24.5 Å². The molecular formula is C23H40O4S. The Kier molecular flexibility index (Phi) is 13.3. The first-order chi connectivity index (χ1) is 13.5. The van der Waals surface area contributed by atoms with E-state index < -0.39 is 15.0 Å². The lowest BCUT2D eigenvalue weighted by Crippen LogP contribution is -2.00. The van der Waals surface area contributed by atoms with Crippen LogP contribution in [0.2, 0.25) is 0 Å². The second-order valence-corrected chi connectivity index (χ2v) is 9.33. The quantitative estimate of drug-likeness (QED) is 0.212. The summed E-state index contributed by atoms with van der Waals surface area (Å²) in [7, 11) is -4.37. The maximum Gasteiger partial charge on any atom is 0.298 e. The first-order valence-corrected chi connectivity index (χ1v) is 12.7. The Morgan fingerprint density at radius 3 is 1.57 bits per heavy atom. The molecule has 1 aromatic rings. The number of unbranched alkanes of at least 4 members (excludes halogenated alkanes) is 14. The van der Waals surface area contributed by atoms with Gasteiger partial charge in [0.15, 0.2) is 0 Å². The third-order valence-electron chi connectivity index (χ3n) is 5.41. The average molecular weight is 413 g/mol. The number of hydrogen-bond donors (Lipinski definition) is 2. The molecule has 0 bridgehead atoms. The predicted octanol–water partition coefficient (Wildman–Crippen LogP) is 7.05. The van der Waals surface area contributed by atoms with Crippen LogP contribution in [0.15, 0.2) is 23.1 Å². The smallest absolute Gasteiger partial charge is 0.298 e. The van der Waals surface area contributed by atoms with Crippen molar-refractivity contribution in [1.82, 2.24) is 0 Å². The van der Waals surface area contributed by atoms with Crippen LogP contribution in [0.3, 0.4) is 0 Å². The number of phenols is 1. The topological polar surface area (TPSA) is 74.6 Å². The van der Waals surface area contributed by atoms with E-state index in [4.69, 9.17) is 4.55 Å². The van der Waals surface area contributed by atoms with E-state index in [0.29, 0.717) is 12.0 Å². The molecule has 0 aliphatic rings. The van der Waals surface area contributed by atoms with E-state index in [1.807, 2.05) is 0 Å². The zero-order valence-electron chi connectivity index (χ0n) is 17.7. The van der Waals surface area contributed by atoms with E-state index >= 15 is 0 Å². The third kappa shape index (κ3) is 11.1. The second-order valence-electron chi connectivity index (χ2n) is 7.94. The molecule has 0 fully saturated rings. The molecule has 0 amide bonds. The molecule has 162 valence electrons. The highest BCUT2D eigenvalue weighted by molar-refractivity contribution is 7.86. The molecule has 0 heterocycles. The van der Waals surface area contributed by atoms with Crippen LogP contribution in [-0.2, 0) is 16.5 Å². The monoisotopic (exact) mass is 412 g/mol. The van der Waals surface area contributed by atoms with Crippen LogP contribution in [0.1, 0.15) is 109 Å². The van der Waals surface area contributed by atoms with E-state index in [9.17, 15) is 13.5 Å². The Morgan fingerprint density at radius 1 is 0.714 bits per heavy atom. The lowest BCUT2D eigenvalue weighted by atomic mass is 10.0. The minimum Gasteiger partial charge on any atom is -0.506 e. The van der Waals surface area contributed by atoms with Crippen molar-refractivity contribution in [3.8, 4) is 5.75 Å². The summed E-state index contributed by atoms with van der Waals surface area (Å²) in [6.45, 7) is 2.26. The molecule has 0 aromatic heterocycles. The van der Waals surface area contributed by atoms with Gasteiger partial charge in [-0.15, -0.1) is 0 Å². The molecule has 0 saturated carbocycles. The van der Waals surface area contributed by atoms with Crippen molar-refractivity contribution in [2.45, 2.75) is 115 Å². The highest BCUT2D eigenvalue weighted by Gasteiger charge is 2.17. The van der Waals surface area contributed by atoms with Gasteiger partial charge in [-0.25, -0.2) is 0 Å². The Hall–Kier alpha value is -1.07. The normalized spacial score (nSPS) is 11.8. The molecule has 0 saturated heterocycles. The fraction of sp³-hybridized carbons (Fsp3) is 0.739. The summed E-state index contributed by atoms with van der Waals surface area (Å²) in [4.78, 5) is -0.397. The Bertz CT molecular complexity index is 625. The van der Waals surface area contributed by atoms with Gasteiger partial charge in [0.1, 0.15) is 10.6 Å². The number of hydrogen-bond acceptors (Lipinski definition) is 3. The third-order valence-corrected chi connectivity index (χ3v) is 6.30. The average Bonchev–Trinajstić information content (AvgIpc) is 2.65. The van der Waals surface area contributed by atoms with Crippen molar-refractivity contribution in [1.29, 1.82) is 0 Å². The van der Waals surface area contributed by atoms with Gasteiger partial charge in [0.05, 0.1) is 0 Å². The molecule has 2 N–H and O–H groups in total. The van der Waals surface area contributed by atoms with Crippen molar-refractivity contribution in [2.75, 3.05) is 0 Å². The summed E-state index contributed by atoms with van der Waals surface area (Å²) in [5.41, 5.74) is 0.588. The molecule has 28 heavy (non-hydrogen) atoms. The van der Waals surface area contributed by atoms with Crippen LogP contribution < -0.4 is 0 Å². The zero-order valence-corrected chi connectivity index (χ0v) is 18.5. The van der Waals surface area contributed by atoms with Gasteiger partial charge < -0.3 is 5.11 Å². The lowest BCUT2D eigenvalue weighted by Gasteiger charge is -2.08. The second kappa shape index (κ2) is 14.9. The van der Waals surface area contributed by atoms with Gasteiger partial charge >= 0.3 is 0 Å². The predicted molar refractivity (Wildman–Crippen MR) is 117 cm³/mol. The molecule has 0 spiro atoms. The summed E-state index contributed by atoms with van der Waals surface area (Å²) in [6.07, 6.45) is 20.1. The Morgan fingerprint density at radius 2 is 1.14 bits per heavy atom. The first-order valence-electron chi connectivity index (χ1n) is 11.2. The van der Waals surface area contributed by atoms with Crippen LogP contribution in [0.4, 0.5) is 0 Å². The number of aryl methyl sites for hydroxylation is 1. The fourth-order valence-corrected chi connectivity index (χ4v) is 4.29. The molecule has 4 nitrogen and oxygen atoms in total. The number of rotatable bonds is 17. The van der Waals surface area contributed by atoms with E-state index in [1.165, 1.54) is 89.5 Å². The van der Waals surface area contributed by atoms with Gasteiger partial charge in [0, 0.05) is 0 Å². The number of para-hydroxylation sites is 1. The number of benzene rings is 1. The van der Waals surface area contributed by atoms with Crippen molar-refractivity contribution in [2.24, 2.45) is 0 Å². The fourth-order valence-electron chi connectivity index (χ4n) is 3.66. The molecule has 1 aromatic carbocycles. The SMILES string of the molecule is CCCCCCCCCCCCCCCCCc1cccc(S(=O)(=O)O)c1O. The van der Waals surface area contributed by atoms with E-state index in [2.05, 4.69) is 6.92 Å². The molecular weight excluding hydrogens is 372 g/mol. The molecule has 1 rings (SSSR count).